The molecule has 1 heterocycles. The Hall–Kier alpha value is -3.22. The molecular weight excluding hydrogens is 321 g/mol. The van der Waals surface area contributed by atoms with Gasteiger partial charge in [0.25, 0.3) is 0 Å². The standard InChI is InChI=1S/C18H18FN5O/c1-12-21-17(24-23-12)14-3-2-4-16(11-14)22-18(25)20-10-9-13-5-7-15(19)8-6-13/h2-8,11H,9-10H2,1H3,(H2,20,22,25)(H,21,23,24). The molecule has 2 amide bonds. The van der Waals surface area contributed by atoms with Gasteiger partial charge in [0.1, 0.15) is 11.6 Å². The van der Waals surface area contributed by atoms with Crippen molar-refractivity contribution >= 4 is 11.7 Å². The number of aromatic amines is 1. The fourth-order valence-electron chi connectivity index (χ4n) is 2.35. The molecule has 0 aliphatic heterocycles. The van der Waals surface area contributed by atoms with E-state index in [9.17, 15) is 9.18 Å². The molecule has 0 radical (unpaired) electrons. The summed E-state index contributed by atoms with van der Waals surface area (Å²) in [5, 5.41) is 12.4. The number of amides is 2. The molecule has 0 bridgehead atoms. The van der Waals surface area contributed by atoms with Gasteiger partial charge in [0, 0.05) is 17.8 Å². The fraction of sp³-hybridized carbons (Fsp3) is 0.167. The van der Waals surface area contributed by atoms with Crippen molar-refractivity contribution in [2.75, 3.05) is 11.9 Å². The second-order valence-corrected chi connectivity index (χ2v) is 5.58. The number of aromatic nitrogens is 3. The minimum absolute atomic E-state index is 0.268. The Bertz CT molecular complexity index is 860. The van der Waals surface area contributed by atoms with E-state index >= 15 is 0 Å². The van der Waals surface area contributed by atoms with Crippen LogP contribution in [0.2, 0.25) is 0 Å². The Morgan fingerprint density at radius 2 is 2.00 bits per heavy atom. The van der Waals surface area contributed by atoms with Crippen LogP contribution in [0.3, 0.4) is 0 Å². The third kappa shape index (κ3) is 4.63. The summed E-state index contributed by atoms with van der Waals surface area (Å²) in [6.07, 6.45) is 0.629. The van der Waals surface area contributed by atoms with Crippen LogP contribution in [-0.4, -0.2) is 27.8 Å². The zero-order chi connectivity index (χ0) is 17.6. The van der Waals surface area contributed by atoms with Gasteiger partial charge in [-0.3, -0.25) is 5.10 Å². The highest BCUT2D eigenvalue weighted by molar-refractivity contribution is 5.89. The molecule has 7 heteroatoms. The maximum Gasteiger partial charge on any atom is 0.319 e. The molecule has 0 aliphatic rings. The second-order valence-electron chi connectivity index (χ2n) is 5.58. The summed E-state index contributed by atoms with van der Waals surface area (Å²) >= 11 is 0. The van der Waals surface area contributed by atoms with Crippen molar-refractivity contribution in [1.82, 2.24) is 20.5 Å². The van der Waals surface area contributed by atoms with E-state index in [0.717, 1.165) is 17.0 Å². The van der Waals surface area contributed by atoms with E-state index in [0.29, 0.717) is 24.5 Å². The minimum atomic E-state index is -0.301. The monoisotopic (exact) mass is 339 g/mol. The van der Waals surface area contributed by atoms with Crippen molar-refractivity contribution in [2.24, 2.45) is 0 Å². The maximum atomic E-state index is 12.8. The predicted octanol–water partition coefficient (Wildman–Crippen LogP) is 3.28. The van der Waals surface area contributed by atoms with Crippen molar-refractivity contribution in [2.45, 2.75) is 13.3 Å². The molecule has 2 aromatic carbocycles. The van der Waals surface area contributed by atoms with E-state index in [1.54, 1.807) is 18.2 Å². The molecule has 0 fully saturated rings. The minimum Gasteiger partial charge on any atom is -0.338 e. The first kappa shape index (κ1) is 16.6. The molecule has 0 spiro atoms. The molecule has 6 nitrogen and oxygen atoms in total. The highest BCUT2D eigenvalue weighted by atomic mass is 19.1. The van der Waals surface area contributed by atoms with Crippen LogP contribution in [-0.2, 0) is 6.42 Å². The van der Waals surface area contributed by atoms with Crippen LogP contribution in [0.5, 0.6) is 0 Å². The van der Waals surface area contributed by atoms with Crippen molar-refractivity contribution < 1.29 is 9.18 Å². The first-order chi connectivity index (χ1) is 12.1. The molecule has 25 heavy (non-hydrogen) atoms. The van der Waals surface area contributed by atoms with Crippen LogP contribution in [0.25, 0.3) is 11.4 Å². The quantitative estimate of drug-likeness (QED) is 0.667. The molecule has 0 unspecified atom stereocenters. The Morgan fingerprint density at radius 3 is 2.72 bits per heavy atom. The van der Waals surface area contributed by atoms with Crippen LogP contribution in [0, 0.1) is 12.7 Å². The van der Waals surface area contributed by atoms with Crippen LogP contribution in [0.4, 0.5) is 14.9 Å². The highest BCUT2D eigenvalue weighted by Gasteiger charge is 2.06. The summed E-state index contributed by atoms with van der Waals surface area (Å²) in [6, 6.07) is 13.2. The topological polar surface area (TPSA) is 82.7 Å². The number of rotatable bonds is 5. The Labute approximate surface area is 144 Å². The Morgan fingerprint density at radius 1 is 1.20 bits per heavy atom. The lowest BCUT2D eigenvalue weighted by Gasteiger charge is -2.08. The molecule has 3 N–H and O–H groups in total. The number of carbonyl (C=O) groups is 1. The van der Waals surface area contributed by atoms with Crippen molar-refractivity contribution in [3.05, 3.63) is 65.7 Å². The predicted molar refractivity (Wildman–Crippen MR) is 93.7 cm³/mol. The number of hydrogen-bond acceptors (Lipinski definition) is 3. The number of H-pyrrole nitrogens is 1. The van der Waals surface area contributed by atoms with E-state index in [-0.39, 0.29) is 11.8 Å². The zero-order valence-corrected chi connectivity index (χ0v) is 13.7. The van der Waals surface area contributed by atoms with Gasteiger partial charge in [-0.05, 0) is 43.2 Å². The number of aryl methyl sites for hydroxylation is 1. The lowest BCUT2D eigenvalue weighted by atomic mass is 10.1. The first-order valence-electron chi connectivity index (χ1n) is 7.89. The molecule has 1 aromatic heterocycles. The number of carbonyl (C=O) groups excluding carboxylic acids is 1. The summed E-state index contributed by atoms with van der Waals surface area (Å²) in [4.78, 5) is 16.3. The lowest BCUT2D eigenvalue weighted by molar-refractivity contribution is 0.252. The normalized spacial score (nSPS) is 10.5. The molecule has 0 atom stereocenters. The summed E-state index contributed by atoms with van der Waals surface area (Å²) in [5.74, 6) is 1.04. The average molecular weight is 339 g/mol. The van der Waals surface area contributed by atoms with Crippen molar-refractivity contribution in [1.29, 1.82) is 0 Å². The van der Waals surface area contributed by atoms with Crippen LogP contribution in [0.1, 0.15) is 11.4 Å². The second kappa shape index (κ2) is 7.57. The van der Waals surface area contributed by atoms with E-state index in [4.69, 9.17) is 0 Å². The number of urea groups is 1. The van der Waals surface area contributed by atoms with Gasteiger partial charge < -0.3 is 10.6 Å². The lowest BCUT2D eigenvalue weighted by Crippen LogP contribution is -2.30. The van der Waals surface area contributed by atoms with Crippen molar-refractivity contribution in [3.8, 4) is 11.4 Å². The summed E-state index contributed by atoms with van der Waals surface area (Å²) in [6.45, 7) is 2.28. The number of hydrogen-bond donors (Lipinski definition) is 3. The highest BCUT2D eigenvalue weighted by Crippen LogP contribution is 2.19. The Balaban J connectivity index is 1.53. The van der Waals surface area contributed by atoms with Gasteiger partial charge in [-0.15, -0.1) is 0 Å². The smallest absolute Gasteiger partial charge is 0.319 e. The van der Waals surface area contributed by atoms with E-state index in [1.165, 1.54) is 12.1 Å². The van der Waals surface area contributed by atoms with Gasteiger partial charge in [-0.1, -0.05) is 24.3 Å². The van der Waals surface area contributed by atoms with E-state index in [1.807, 2.05) is 25.1 Å². The molecule has 0 saturated carbocycles. The molecule has 0 aliphatic carbocycles. The van der Waals surface area contributed by atoms with E-state index in [2.05, 4.69) is 25.8 Å². The molecule has 128 valence electrons. The van der Waals surface area contributed by atoms with Crippen molar-refractivity contribution in [3.63, 3.8) is 0 Å². The summed E-state index contributed by atoms with van der Waals surface area (Å²) in [7, 11) is 0. The third-order valence-corrected chi connectivity index (χ3v) is 3.59. The summed E-state index contributed by atoms with van der Waals surface area (Å²) < 4.78 is 12.8. The molecule has 0 saturated heterocycles. The molecule has 3 aromatic rings. The number of halogens is 1. The van der Waals surface area contributed by atoms with E-state index < -0.39 is 0 Å². The van der Waals surface area contributed by atoms with Gasteiger partial charge in [0.05, 0.1) is 0 Å². The average Bonchev–Trinajstić information content (AvgIpc) is 3.03. The largest absolute Gasteiger partial charge is 0.338 e. The number of anilines is 1. The Kier molecular flexibility index (Phi) is 5.03. The van der Waals surface area contributed by atoms with Gasteiger partial charge in [-0.2, -0.15) is 5.10 Å². The van der Waals surface area contributed by atoms with Gasteiger partial charge in [0.2, 0.25) is 0 Å². The van der Waals surface area contributed by atoms with Crippen LogP contribution in [0.15, 0.2) is 48.5 Å². The maximum absolute atomic E-state index is 12.8. The van der Waals surface area contributed by atoms with Gasteiger partial charge >= 0.3 is 6.03 Å². The molecular formula is C18H18FN5O. The van der Waals surface area contributed by atoms with Crippen LogP contribution < -0.4 is 10.6 Å². The van der Waals surface area contributed by atoms with Gasteiger partial charge in [0.15, 0.2) is 5.82 Å². The number of nitrogens with zero attached hydrogens (tertiary/aromatic N) is 2. The summed E-state index contributed by atoms with van der Waals surface area (Å²) in [5.41, 5.74) is 2.43. The molecule has 3 rings (SSSR count). The number of nitrogens with one attached hydrogen (secondary N) is 3. The SMILES string of the molecule is Cc1nc(-c2cccc(NC(=O)NCCc3ccc(F)cc3)c2)n[nH]1. The fourth-order valence-corrected chi connectivity index (χ4v) is 2.35. The number of benzene rings is 2. The van der Waals surface area contributed by atoms with Crippen LogP contribution >= 0.6 is 0 Å². The first-order valence-corrected chi connectivity index (χ1v) is 7.89. The van der Waals surface area contributed by atoms with Gasteiger partial charge in [-0.25, -0.2) is 14.2 Å². The zero-order valence-electron chi connectivity index (χ0n) is 13.7. The third-order valence-electron chi connectivity index (χ3n) is 3.59.